The fraction of sp³-hybridized carbons (Fsp3) is 0.211. The first-order valence-electron chi connectivity index (χ1n) is 15.7. The number of esters is 2. The highest BCUT2D eigenvalue weighted by Gasteiger charge is 2.14. The summed E-state index contributed by atoms with van der Waals surface area (Å²) in [6.07, 6.45) is 4.16. The molecule has 0 aliphatic carbocycles. The number of unbranched alkanes of at least 4 members (excludes halogenated alkanes) is 1. The number of hydrogen-bond acceptors (Lipinski definition) is 10. The summed E-state index contributed by atoms with van der Waals surface area (Å²) in [6, 6.07) is 23.8. The Kier molecular flexibility index (Phi) is 13.4. The number of amides is 2. The van der Waals surface area contributed by atoms with Gasteiger partial charge in [-0.2, -0.15) is 10.2 Å². The Morgan fingerprint density at radius 2 is 0.940 bits per heavy atom. The molecule has 0 fully saturated rings. The summed E-state index contributed by atoms with van der Waals surface area (Å²) in [5.74, 6) is -0.467. The van der Waals surface area contributed by atoms with Crippen LogP contribution in [0.15, 0.2) is 95.1 Å². The van der Waals surface area contributed by atoms with Gasteiger partial charge in [0.1, 0.15) is 0 Å². The standard InChI is InChI=1S/C38H38N4O8/c1-25-9-15-29(16-10-25)37(45)49-31-19-13-27(21-33(31)47-3)23-39-41-35(43)7-5-6-8-36(44)42-40-24-28-14-20-32(34(22-28)48-4)50-38(46)30-17-11-26(2)12-18-30/h9-24H,5-8H2,1-4H3,(H,41,43)(H,42,44). The number of nitrogens with one attached hydrogen (secondary N) is 2. The van der Waals surface area contributed by atoms with Crippen LogP contribution in [0.4, 0.5) is 0 Å². The van der Waals surface area contributed by atoms with E-state index in [4.69, 9.17) is 18.9 Å². The van der Waals surface area contributed by atoms with E-state index in [0.717, 1.165) is 11.1 Å². The third-order valence-electron chi connectivity index (χ3n) is 7.22. The van der Waals surface area contributed by atoms with Crippen molar-refractivity contribution in [2.45, 2.75) is 39.5 Å². The zero-order valence-electron chi connectivity index (χ0n) is 28.2. The average Bonchev–Trinajstić information content (AvgIpc) is 3.11. The molecule has 50 heavy (non-hydrogen) atoms. The van der Waals surface area contributed by atoms with Crippen molar-refractivity contribution in [3.05, 3.63) is 118 Å². The number of hydrazone groups is 2. The molecule has 4 aromatic carbocycles. The zero-order valence-corrected chi connectivity index (χ0v) is 28.2. The fourth-order valence-electron chi connectivity index (χ4n) is 4.44. The highest BCUT2D eigenvalue weighted by Crippen LogP contribution is 2.29. The summed E-state index contributed by atoms with van der Waals surface area (Å²) >= 11 is 0. The highest BCUT2D eigenvalue weighted by atomic mass is 16.6. The van der Waals surface area contributed by atoms with Crippen molar-refractivity contribution < 1.29 is 38.1 Å². The Hall–Kier alpha value is -6.30. The third kappa shape index (κ3) is 11.2. The molecule has 0 aromatic heterocycles. The molecule has 0 atom stereocenters. The normalized spacial score (nSPS) is 10.9. The lowest BCUT2D eigenvalue weighted by molar-refractivity contribution is -0.123. The Labute approximate surface area is 290 Å². The third-order valence-corrected chi connectivity index (χ3v) is 7.22. The molecule has 0 saturated carbocycles. The molecular formula is C38H38N4O8. The summed E-state index contributed by atoms with van der Waals surface area (Å²) in [6.45, 7) is 3.86. The van der Waals surface area contributed by atoms with E-state index < -0.39 is 11.9 Å². The molecule has 0 aliphatic heterocycles. The van der Waals surface area contributed by atoms with Crippen molar-refractivity contribution in [1.82, 2.24) is 10.9 Å². The molecule has 2 N–H and O–H groups in total. The lowest BCUT2D eigenvalue weighted by Crippen LogP contribution is -2.19. The van der Waals surface area contributed by atoms with Gasteiger partial charge in [-0.25, -0.2) is 20.4 Å². The largest absolute Gasteiger partial charge is 0.493 e. The second-order valence-corrected chi connectivity index (χ2v) is 11.1. The summed E-state index contributed by atoms with van der Waals surface area (Å²) in [5.41, 5.74) is 9.05. The van der Waals surface area contributed by atoms with Crippen LogP contribution in [0.5, 0.6) is 23.0 Å². The molecular weight excluding hydrogens is 640 g/mol. The zero-order chi connectivity index (χ0) is 35.9. The van der Waals surface area contributed by atoms with Crippen LogP contribution < -0.4 is 29.8 Å². The van der Waals surface area contributed by atoms with Gasteiger partial charge in [0.05, 0.1) is 37.8 Å². The molecule has 258 valence electrons. The molecule has 4 aromatic rings. The van der Waals surface area contributed by atoms with Crippen LogP contribution in [-0.4, -0.2) is 50.4 Å². The number of nitrogens with zero attached hydrogens (tertiary/aromatic N) is 2. The summed E-state index contributed by atoms with van der Waals surface area (Å²) in [4.78, 5) is 49.4. The van der Waals surface area contributed by atoms with E-state index >= 15 is 0 Å². The van der Waals surface area contributed by atoms with Crippen molar-refractivity contribution in [2.75, 3.05) is 14.2 Å². The van der Waals surface area contributed by atoms with E-state index in [1.165, 1.54) is 26.6 Å². The van der Waals surface area contributed by atoms with Gasteiger partial charge >= 0.3 is 11.9 Å². The van der Waals surface area contributed by atoms with Gasteiger partial charge < -0.3 is 18.9 Å². The molecule has 12 heteroatoms. The molecule has 0 bridgehead atoms. The minimum atomic E-state index is -0.509. The molecule has 12 nitrogen and oxygen atoms in total. The van der Waals surface area contributed by atoms with E-state index in [2.05, 4.69) is 21.1 Å². The SMILES string of the molecule is COc1cc(C=NNC(=O)CCCCC(=O)NN=Cc2ccc(OC(=O)c3ccc(C)cc3)c(OC)c2)ccc1OC(=O)c1ccc(C)cc1. The number of methoxy groups -OCH3 is 2. The van der Waals surface area contributed by atoms with Crippen molar-refractivity contribution in [3.63, 3.8) is 0 Å². The lowest BCUT2D eigenvalue weighted by atomic mass is 10.1. The number of hydrogen-bond donors (Lipinski definition) is 2. The quantitative estimate of drug-likeness (QED) is 0.0517. The van der Waals surface area contributed by atoms with Crippen molar-refractivity contribution in [1.29, 1.82) is 0 Å². The first-order valence-corrected chi connectivity index (χ1v) is 15.7. The van der Waals surface area contributed by atoms with Crippen molar-refractivity contribution in [3.8, 4) is 23.0 Å². The number of carbonyl (C=O) groups is 4. The van der Waals surface area contributed by atoms with Crippen LogP contribution in [-0.2, 0) is 9.59 Å². The van der Waals surface area contributed by atoms with Crippen LogP contribution in [0, 0.1) is 13.8 Å². The van der Waals surface area contributed by atoms with Gasteiger partial charge in [0, 0.05) is 12.8 Å². The number of carbonyl (C=O) groups excluding carboxylic acids is 4. The fourth-order valence-corrected chi connectivity index (χ4v) is 4.44. The van der Waals surface area contributed by atoms with Crippen LogP contribution in [0.2, 0.25) is 0 Å². The van der Waals surface area contributed by atoms with E-state index in [1.54, 1.807) is 60.7 Å². The Bertz CT molecular complexity index is 1730. The maximum atomic E-state index is 12.5. The minimum absolute atomic E-state index is 0.172. The van der Waals surface area contributed by atoms with Crippen LogP contribution in [0.25, 0.3) is 0 Å². The molecule has 0 radical (unpaired) electrons. The smallest absolute Gasteiger partial charge is 0.343 e. The highest BCUT2D eigenvalue weighted by molar-refractivity contribution is 5.92. The molecule has 0 unspecified atom stereocenters. The number of ether oxygens (including phenoxy) is 4. The van der Waals surface area contributed by atoms with Crippen molar-refractivity contribution in [2.24, 2.45) is 10.2 Å². The number of benzene rings is 4. The lowest BCUT2D eigenvalue weighted by Gasteiger charge is -2.10. The van der Waals surface area contributed by atoms with Gasteiger partial charge in [-0.1, -0.05) is 35.4 Å². The van der Waals surface area contributed by atoms with Gasteiger partial charge in [-0.3, -0.25) is 9.59 Å². The topological polar surface area (TPSA) is 154 Å². The predicted octanol–water partition coefficient (Wildman–Crippen LogP) is 5.92. The first-order chi connectivity index (χ1) is 24.1. The van der Waals surface area contributed by atoms with Gasteiger partial charge in [-0.15, -0.1) is 0 Å². The van der Waals surface area contributed by atoms with Crippen molar-refractivity contribution >= 4 is 36.2 Å². The predicted molar refractivity (Wildman–Crippen MR) is 188 cm³/mol. The van der Waals surface area contributed by atoms with E-state index in [1.807, 2.05) is 38.1 Å². The van der Waals surface area contributed by atoms with E-state index in [-0.39, 0.29) is 36.2 Å². The minimum Gasteiger partial charge on any atom is -0.493 e. The van der Waals surface area contributed by atoms with Gasteiger partial charge in [0.15, 0.2) is 23.0 Å². The monoisotopic (exact) mass is 678 g/mol. The molecule has 2 amide bonds. The van der Waals surface area contributed by atoms with Crippen LogP contribution >= 0.6 is 0 Å². The average molecular weight is 679 g/mol. The Balaban J connectivity index is 1.15. The first kappa shape index (κ1) is 36.5. The van der Waals surface area contributed by atoms with Gasteiger partial charge in [0.25, 0.3) is 0 Å². The molecule has 4 rings (SSSR count). The molecule has 0 aliphatic rings. The second kappa shape index (κ2) is 18.3. The van der Waals surface area contributed by atoms with E-state index in [9.17, 15) is 19.2 Å². The van der Waals surface area contributed by atoms with Crippen LogP contribution in [0.3, 0.4) is 0 Å². The molecule has 0 saturated heterocycles. The maximum absolute atomic E-state index is 12.5. The summed E-state index contributed by atoms with van der Waals surface area (Å²) in [7, 11) is 2.91. The molecule has 0 heterocycles. The summed E-state index contributed by atoms with van der Waals surface area (Å²) in [5, 5.41) is 7.95. The van der Waals surface area contributed by atoms with Crippen LogP contribution in [0.1, 0.15) is 68.7 Å². The number of aryl methyl sites for hydroxylation is 2. The second-order valence-electron chi connectivity index (χ2n) is 11.1. The van der Waals surface area contributed by atoms with Gasteiger partial charge in [-0.05, 0) is 98.5 Å². The van der Waals surface area contributed by atoms with Gasteiger partial charge in [0.2, 0.25) is 11.8 Å². The van der Waals surface area contributed by atoms with E-state index in [0.29, 0.717) is 46.6 Å². The maximum Gasteiger partial charge on any atom is 0.343 e. The molecule has 0 spiro atoms. The summed E-state index contributed by atoms with van der Waals surface area (Å²) < 4.78 is 21.7. The Morgan fingerprint density at radius 3 is 1.30 bits per heavy atom. The number of rotatable bonds is 15. The Morgan fingerprint density at radius 1 is 0.560 bits per heavy atom.